The van der Waals surface area contributed by atoms with Crippen molar-refractivity contribution in [1.29, 1.82) is 0 Å². The topological polar surface area (TPSA) is 99.5 Å². The van der Waals surface area contributed by atoms with Gasteiger partial charge in [-0.05, 0) is 29.8 Å². The van der Waals surface area contributed by atoms with Gasteiger partial charge < -0.3 is 15.5 Å². The normalized spacial score (nSPS) is 10.1. The summed E-state index contributed by atoms with van der Waals surface area (Å²) in [6.07, 6.45) is 1.36. The number of nitrogens with one attached hydrogen (secondary N) is 1. The first-order valence-corrected chi connectivity index (χ1v) is 6.30. The maximum absolute atomic E-state index is 11.9. The van der Waals surface area contributed by atoms with E-state index in [-0.39, 0.29) is 23.6 Å². The van der Waals surface area contributed by atoms with Crippen molar-refractivity contribution >= 4 is 23.5 Å². The van der Waals surface area contributed by atoms with E-state index in [0.29, 0.717) is 10.6 Å². The standard InChI is InChI=1S/C14H11ClN2O4/c15-9-2-4-12(18)10(5-9)13(19)17-7-8-1-3-11(14(20)21)16-6-8/h1-6,18H,7H2,(H,17,19)(H,20,21). The number of aromatic hydroxyl groups is 1. The van der Waals surface area contributed by atoms with Crippen LogP contribution in [-0.4, -0.2) is 27.1 Å². The van der Waals surface area contributed by atoms with Crippen LogP contribution in [0.2, 0.25) is 5.02 Å². The van der Waals surface area contributed by atoms with Crippen molar-refractivity contribution < 1.29 is 19.8 Å². The van der Waals surface area contributed by atoms with Crippen LogP contribution in [0, 0.1) is 0 Å². The second-order valence-corrected chi connectivity index (χ2v) is 4.64. The molecule has 6 nitrogen and oxygen atoms in total. The fraction of sp³-hybridized carbons (Fsp3) is 0.0714. The third-order valence-electron chi connectivity index (χ3n) is 2.70. The molecule has 0 atom stereocenters. The fourth-order valence-corrected chi connectivity index (χ4v) is 1.80. The predicted octanol–water partition coefficient (Wildman–Crippen LogP) is 2.07. The molecule has 3 N–H and O–H groups in total. The number of nitrogens with zero attached hydrogens (tertiary/aromatic N) is 1. The number of carboxylic acids is 1. The van der Waals surface area contributed by atoms with Crippen LogP contribution in [0.25, 0.3) is 0 Å². The number of hydrogen-bond acceptors (Lipinski definition) is 4. The molecule has 0 aliphatic rings. The lowest BCUT2D eigenvalue weighted by Crippen LogP contribution is -2.23. The smallest absolute Gasteiger partial charge is 0.354 e. The first-order chi connectivity index (χ1) is 9.97. The van der Waals surface area contributed by atoms with Crippen molar-refractivity contribution in [2.75, 3.05) is 0 Å². The number of rotatable bonds is 4. The highest BCUT2D eigenvalue weighted by molar-refractivity contribution is 6.31. The second kappa shape index (κ2) is 6.23. The van der Waals surface area contributed by atoms with E-state index in [2.05, 4.69) is 10.3 Å². The lowest BCUT2D eigenvalue weighted by atomic mass is 10.2. The molecule has 0 aliphatic heterocycles. The first kappa shape index (κ1) is 14.8. The molecule has 0 saturated carbocycles. The Morgan fingerprint density at radius 3 is 2.62 bits per heavy atom. The van der Waals surface area contributed by atoms with Gasteiger partial charge in [0.05, 0.1) is 5.56 Å². The van der Waals surface area contributed by atoms with E-state index in [1.165, 1.54) is 30.5 Å². The Hall–Kier alpha value is -2.60. The minimum absolute atomic E-state index is 0.0672. The molecule has 1 aromatic carbocycles. The van der Waals surface area contributed by atoms with Crippen LogP contribution in [0.3, 0.4) is 0 Å². The van der Waals surface area contributed by atoms with E-state index in [9.17, 15) is 14.7 Å². The number of aromatic nitrogens is 1. The van der Waals surface area contributed by atoms with Crippen molar-refractivity contribution in [2.45, 2.75) is 6.54 Å². The summed E-state index contributed by atoms with van der Waals surface area (Å²) in [4.78, 5) is 26.3. The molecule has 1 heterocycles. The van der Waals surface area contributed by atoms with Crippen molar-refractivity contribution in [3.05, 3.63) is 58.4 Å². The highest BCUT2D eigenvalue weighted by Gasteiger charge is 2.11. The van der Waals surface area contributed by atoms with Gasteiger partial charge in [0.15, 0.2) is 0 Å². The van der Waals surface area contributed by atoms with Crippen molar-refractivity contribution in [3.63, 3.8) is 0 Å². The van der Waals surface area contributed by atoms with Gasteiger partial charge in [0.2, 0.25) is 0 Å². The Bertz CT molecular complexity index is 686. The number of carboxylic acid groups (broad SMARTS) is 1. The van der Waals surface area contributed by atoms with E-state index in [4.69, 9.17) is 16.7 Å². The molecule has 108 valence electrons. The largest absolute Gasteiger partial charge is 0.507 e. The number of hydrogen-bond donors (Lipinski definition) is 3. The number of phenols is 1. The zero-order valence-corrected chi connectivity index (χ0v) is 11.5. The number of carbonyl (C=O) groups excluding carboxylic acids is 1. The molecule has 0 radical (unpaired) electrons. The van der Waals surface area contributed by atoms with Gasteiger partial charge in [0, 0.05) is 17.8 Å². The Morgan fingerprint density at radius 2 is 2.00 bits per heavy atom. The summed E-state index contributed by atoms with van der Waals surface area (Å²) < 4.78 is 0. The molecular formula is C14H11ClN2O4. The van der Waals surface area contributed by atoms with Crippen LogP contribution < -0.4 is 5.32 Å². The van der Waals surface area contributed by atoms with Crippen molar-refractivity contribution in [1.82, 2.24) is 10.3 Å². The Labute approximate surface area is 125 Å². The van der Waals surface area contributed by atoms with Gasteiger partial charge in [-0.25, -0.2) is 9.78 Å². The minimum Gasteiger partial charge on any atom is -0.507 e. The molecule has 0 bridgehead atoms. The number of amides is 1. The predicted molar refractivity (Wildman–Crippen MR) is 75.5 cm³/mol. The van der Waals surface area contributed by atoms with Gasteiger partial charge in [-0.1, -0.05) is 17.7 Å². The summed E-state index contributed by atoms with van der Waals surface area (Å²) in [5, 5.41) is 21.3. The van der Waals surface area contributed by atoms with Gasteiger partial charge in [0.1, 0.15) is 11.4 Å². The van der Waals surface area contributed by atoms with Gasteiger partial charge in [-0.3, -0.25) is 4.79 Å². The number of carbonyl (C=O) groups is 2. The number of aromatic carboxylic acids is 1. The molecule has 21 heavy (non-hydrogen) atoms. The zero-order valence-electron chi connectivity index (χ0n) is 10.7. The molecule has 0 spiro atoms. The lowest BCUT2D eigenvalue weighted by molar-refractivity contribution is 0.0690. The molecule has 1 aromatic heterocycles. The van der Waals surface area contributed by atoms with Crippen LogP contribution in [0.5, 0.6) is 5.75 Å². The number of halogens is 1. The molecular weight excluding hydrogens is 296 g/mol. The zero-order chi connectivity index (χ0) is 15.4. The summed E-state index contributed by atoms with van der Waals surface area (Å²) >= 11 is 5.77. The van der Waals surface area contributed by atoms with Crippen LogP contribution in [-0.2, 0) is 6.54 Å². The third kappa shape index (κ3) is 3.70. The fourth-order valence-electron chi connectivity index (χ4n) is 1.62. The van der Waals surface area contributed by atoms with Gasteiger partial charge in [-0.2, -0.15) is 0 Å². The highest BCUT2D eigenvalue weighted by atomic mass is 35.5. The molecule has 0 unspecified atom stereocenters. The van der Waals surface area contributed by atoms with Crippen LogP contribution in [0.15, 0.2) is 36.5 Å². The summed E-state index contributed by atoms with van der Waals surface area (Å²) in [7, 11) is 0. The van der Waals surface area contributed by atoms with Crippen LogP contribution >= 0.6 is 11.6 Å². The second-order valence-electron chi connectivity index (χ2n) is 4.20. The molecule has 2 aromatic rings. The SMILES string of the molecule is O=C(O)c1ccc(CNC(=O)c2cc(Cl)ccc2O)cn1. The highest BCUT2D eigenvalue weighted by Crippen LogP contribution is 2.21. The molecule has 2 rings (SSSR count). The maximum atomic E-state index is 11.9. The van der Waals surface area contributed by atoms with Gasteiger partial charge in [-0.15, -0.1) is 0 Å². The Kier molecular flexibility index (Phi) is 4.39. The van der Waals surface area contributed by atoms with Crippen molar-refractivity contribution in [2.24, 2.45) is 0 Å². The number of benzene rings is 1. The van der Waals surface area contributed by atoms with E-state index >= 15 is 0 Å². The van der Waals surface area contributed by atoms with Crippen LogP contribution in [0.1, 0.15) is 26.4 Å². The van der Waals surface area contributed by atoms with E-state index in [1.807, 2.05) is 0 Å². The third-order valence-corrected chi connectivity index (χ3v) is 2.94. The molecule has 0 aliphatic carbocycles. The summed E-state index contributed by atoms with van der Waals surface area (Å²) in [6.45, 7) is 0.150. The Balaban J connectivity index is 2.04. The summed E-state index contributed by atoms with van der Waals surface area (Å²) in [5.74, 6) is -1.78. The molecule has 1 amide bonds. The van der Waals surface area contributed by atoms with E-state index in [1.54, 1.807) is 6.07 Å². The molecule has 0 saturated heterocycles. The van der Waals surface area contributed by atoms with Gasteiger partial charge in [0.25, 0.3) is 5.91 Å². The first-order valence-electron chi connectivity index (χ1n) is 5.92. The van der Waals surface area contributed by atoms with Crippen LogP contribution in [0.4, 0.5) is 0 Å². The summed E-state index contributed by atoms with van der Waals surface area (Å²) in [6, 6.07) is 7.07. The number of pyridine rings is 1. The minimum atomic E-state index is -1.12. The molecule has 0 fully saturated rings. The lowest BCUT2D eigenvalue weighted by Gasteiger charge is -2.07. The number of phenolic OH excluding ortho intramolecular Hbond substituents is 1. The summed E-state index contributed by atoms with van der Waals surface area (Å²) in [5.41, 5.74) is 0.630. The average molecular weight is 307 g/mol. The van der Waals surface area contributed by atoms with E-state index < -0.39 is 11.9 Å². The quantitative estimate of drug-likeness (QED) is 0.803. The van der Waals surface area contributed by atoms with Gasteiger partial charge >= 0.3 is 5.97 Å². The van der Waals surface area contributed by atoms with E-state index in [0.717, 1.165) is 0 Å². The monoisotopic (exact) mass is 306 g/mol. The molecule has 7 heteroatoms. The van der Waals surface area contributed by atoms with Crippen molar-refractivity contribution in [3.8, 4) is 5.75 Å². The Morgan fingerprint density at radius 1 is 1.24 bits per heavy atom. The maximum Gasteiger partial charge on any atom is 0.354 e. The average Bonchev–Trinajstić information content (AvgIpc) is 2.47.